The molecule has 0 spiro atoms. The molecule has 1 fully saturated rings. The number of benzene rings is 1. The van der Waals surface area contributed by atoms with Crippen molar-refractivity contribution in [2.45, 2.75) is 24.5 Å². The second-order valence-electron chi connectivity index (χ2n) is 7.39. The van der Waals surface area contributed by atoms with Gasteiger partial charge in [0.2, 0.25) is 5.78 Å². The number of phenolic OH excluding ortho intramolecular Hbond substituents is 1. The Kier molecular flexibility index (Phi) is 3.68. The van der Waals surface area contributed by atoms with Crippen molar-refractivity contribution in [2.24, 2.45) is 23.3 Å². The maximum absolute atomic E-state index is 13.2. The number of phenols is 1. The highest BCUT2D eigenvalue weighted by Gasteiger charge is 2.62. The molecule has 4 atom stereocenters. The van der Waals surface area contributed by atoms with Gasteiger partial charge < -0.3 is 31.9 Å². The fourth-order valence-corrected chi connectivity index (χ4v) is 4.65. The number of nitrogens with two attached hydrogens (primary N) is 2. The van der Waals surface area contributed by atoms with Gasteiger partial charge in [0.25, 0.3) is 5.91 Å². The lowest BCUT2D eigenvalue weighted by Gasteiger charge is -2.48. The summed E-state index contributed by atoms with van der Waals surface area (Å²) in [7, 11) is 0. The van der Waals surface area contributed by atoms with Crippen molar-refractivity contribution < 1.29 is 34.8 Å². The molecule has 0 saturated heterocycles. The molecule has 28 heavy (non-hydrogen) atoms. The number of carbonyl (C=O) groups is 3. The number of rotatable bonds is 1. The van der Waals surface area contributed by atoms with Crippen molar-refractivity contribution in [3.63, 3.8) is 0 Å². The number of hydrogen-bond acceptors (Lipinski definition) is 8. The Morgan fingerprint density at radius 3 is 2.50 bits per heavy atom. The van der Waals surface area contributed by atoms with Crippen molar-refractivity contribution >= 4 is 23.2 Å². The molecule has 3 aliphatic carbocycles. The van der Waals surface area contributed by atoms with E-state index in [-0.39, 0.29) is 29.7 Å². The van der Waals surface area contributed by atoms with Gasteiger partial charge in [0.05, 0.1) is 11.6 Å². The van der Waals surface area contributed by atoms with Crippen LogP contribution < -0.4 is 11.5 Å². The highest BCUT2D eigenvalue weighted by molar-refractivity contribution is 6.24. The molecule has 9 nitrogen and oxygen atoms in total. The normalized spacial score (nSPS) is 32.0. The lowest BCUT2D eigenvalue weighted by atomic mass is 9.58. The number of hydrogen-bond donors (Lipinski definition) is 6. The van der Waals surface area contributed by atoms with E-state index in [1.54, 1.807) is 12.1 Å². The zero-order valence-corrected chi connectivity index (χ0v) is 14.5. The highest BCUT2D eigenvalue weighted by atomic mass is 16.3. The third-order valence-electron chi connectivity index (χ3n) is 5.99. The molecule has 0 unspecified atom stereocenters. The first-order valence-electron chi connectivity index (χ1n) is 8.65. The fraction of sp³-hybridized carbons (Fsp3) is 0.316. The molecule has 4 rings (SSSR count). The van der Waals surface area contributed by atoms with Gasteiger partial charge in [-0.3, -0.25) is 14.4 Å². The molecule has 1 saturated carbocycles. The van der Waals surface area contributed by atoms with E-state index in [1.165, 1.54) is 6.07 Å². The maximum Gasteiger partial charge on any atom is 0.255 e. The fourth-order valence-electron chi connectivity index (χ4n) is 4.65. The zero-order valence-electron chi connectivity index (χ0n) is 14.5. The van der Waals surface area contributed by atoms with Crippen LogP contribution in [-0.2, 0) is 20.8 Å². The van der Waals surface area contributed by atoms with Gasteiger partial charge in [-0.05, 0) is 30.4 Å². The summed E-state index contributed by atoms with van der Waals surface area (Å²) in [6, 6.07) is 3.19. The first kappa shape index (κ1) is 18.2. The van der Waals surface area contributed by atoms with Crippen LogP contribution in [0.3, 0.4) is 0 Å². The molecule has 0 bridgehead atoms. The summed E-state index contributed by atoms with van der Waals surface area (Å²) in [6.07, 6.45) is 0.259. The van der Waals surface area contributed by atoms with E-state index in [2.05, 4.69) is 0 Å². The average molecular weight is 386 g/mol. The van der Waals surface area contributed by atoms with Gasteiger partial charge in [-0.15, -0.1) is 0 Å². The van der Waals surface area contributed by atoms with Gasteiger partial charge in [-0.2, -0.15) is 0 Å². The van der Waals surface area contributed by atoms with E-state index >= 15 is 0 Å². The van der Waals surface area contributed by atoms with Gasteiger partial charge >= 0.3 is 0 Å². The van der Waals surface area contributed by atoms with Crippen LogP contribution in [0.25, 0.3) is 5.76 Å². The van der Waals surface area contributed by atoms with Gasteiger partial charge in [0.1, 0.15) is 22.8 Å². The molecule has 0 heterocycles. The van der Waals surface area contributed by atoms with E-state index in [0.717, 1.165) is 0 Å². The summed E-state index contributed by atoms with van der Waals surface area (Å²) >= 11 is 0. The summed E-state index contributed by atoms with van der Waals surface area (Å²) in [5.41, 5.74) is 7.93. The van der Waals surface area contributed by atoms with Crippen LogP contribution in [0.2, 0.25) is 0 Å². The Morgan fingerprint density at radius 2 is 1.86 bits per heavy atom. The SMILES string of the molecule is NC(=O)C1=C(O)[C@@]2(O)C(=O)C3=C(O)c4c(O)cccc4C[C@H]3C[C@H]2[C@@H](N)C1=O. The summed E-state index contributed by atoms with van der Waals surface area (Å²) in [5.74, 6) is -7.02. The number of carbonyl (C=O) groups excluding carboxylic acids is 3. The number of amides is 1. The number of Topliss-reactive ketones (excluding diaryl/α,β-unsaturated/α-hetero) is 2. The number of primary amides is 1. The van der Waals surface area contributed by atoms with Crippen LogP contribution in [0, 0.1) is 11.8 Å². The van der Waals surface area contributed by atoms with Crippen LogP contribution in [0.15, 0.2) is 35.1 Å². The highest BCUT2D eigenvalue weighted by Crippen LogP contribution is 2.51. The van der Waals surface area contributed by atoms with E-state index in [0.29, 0.717) is 5.56 Å². The molecule has 0 aliphatic heterocycles. The van der Waals surface area contributed by atoms with Crippen molar-refractivity contribution in [3.05, 3.63) is 46.2 Å². The van der Waals surface area contributed by atoms with Gasteiger partial charge in [-0.25, -0.2) is 0 Å². The lowest BCUT2D eigenvalue weighted by molar-refractivity contribution is -0.149. The summed E-state index contributed by atoms with van der Waals surface area (Å²) in [5, 5.41) is 42.3. The van der Waals surface area contributed by atoms with Gasteiger partial charge in [0, 0.05) is 11.5 Å². The van der Waals surface area contributed by atoms with E-state index in [4.69, 9.17) is 11.5 Å². The quantitative estimate of drug-likeness (QED) is 0.344. The lowest BCUT2D eigenvalue weighted by Crippen LogP contribution is -2.65. The largest absolute Gasteiger partial charge is 0.508 e. The topological polar surface area (TPSA) is 184 Å². The monoisotopic (exact) mass is 386 g/mol. The number of aromatic hydroxyl groups is 1. The molecular formula is C19H18N2O7. The molecule has 0 aromatic heterocycles. The van der Waals surface area contributed by atoms with E-state index in [1.807, 2.05) is 0 Å². The maximum atomic E-state index is 13.2. The Bertz CT molecular complexity index is 1030. The third-order valence-corrected chi connectivity index (χ3v) is 5.99. The van der Waals surface area contributed by atoms with Crippen molar-refractivity contribution in [1.82, 2.24) is 0 Å². The predicted octanol–water partition coefficient (Wildman–Crippen LogP) is -0.639. The molecule has 9 heteroatoms. The predicted molar refractivity (Wildman–Crippen MR) is 94.7 cm³/mol. The van der Waals surface area contributed by atoms with Crippen molar-refractivity contribution in [3.8, 4) is 5.75 Å². The Labute approximate surface area is 158 Å². The van der Waals surface area contributed by atoms with Crippen LogP contribution in [0.1, 0.15) is 17.5 Å². The van der Waals surface area contributed by atoms with Gasteiger partial charge in [-0.1, -0.05) is 12.1 Å². The Morgan fingerprint density at radius 1 is 1.18 bits per heavy atom. The zero-order chi connectivity index (χ0) is 20.5. The van der Waals surface area contributed by atoms with Crippen LogP contribution in [0.5, 0.6) is 5.75 Å². The Hall–Kier alpha value is -3.17. The van der Waals surface area contributed by atoms with Crippen LogP contribution >= 0.6 is 0 Å². The molecule has 0 radical (unpaired) electrons. The van der Waals surface area contributed by atoms with Gasteiger partial charge in [0.15, 0.2) is 11.4 Å². The standard InChI is InChI=1S/C19H18N2O7/c20-13-8-5-7-4-6-2-1-3-9(22)10(6)14(23)11(7)16(25)19(8,28)17(26)12(15(13)24)18(21)27/h1-3,7-8,13,22-23,26,28H,4-5,20H2,(H2,21,27)/t7-,8-,13+,19-/m0/s1. The van der Waals surface area contributed by atoms with Crippen LogP contribution in [-0.4, -0.2) is 49.5 Å². The second kappa shape index (κ2) is 5.66. The summed E-state index contributed by atoms with van der Waals surface area (Å²) in [6.45, 7) is 0. The van der Waals surface area contributed by atoms with Crippen LogP contribution in [0.4, 0.5) is 0 Å². The van der Waals surface area contributed by atoms with Crippen molar-refractivity contribution in [1.29, 1.82) is 0 Å². The molecule has 3 aliphatic rings. The average Bonchev–Trinajstić information content (AvgIpc) is 2.62. The minimum atomic E-state index is -2.67. The number of aliphatic hydroxyl groups excluding tert-OH is 2. The smallest absolute Gasteiger partial charge is 0.255 e. The summed E-state index contributed by atoms with van der Waals surface area (Å²) < 4.78 is 0. The molecule has 146 valence electrons. The number of ketones is 2. The minimum absolute atomic E-state index is 0.000260. The summed E-state index contributed by atoms with van der Waals surface area (Å²) in [4.78, 5) is 37.2. The first-order valence-corrected chi connectivity index (χ1v) is 8.65. The minimum Gasteiger partial charge on any atom is -0.508 e. The molecule has 1 aromatic carbocycles. The van der Waals surface area contributed by atoms with E-state index < -0.39 is 58.0 Å². The molecule has 8 N–H and O–H groups in total. The van der Waals surface area contributed by atoms with E-state index in [9.17, 15) is 34.8 Å². The molecular weight excluding hydrogens is 368 g/mol. The first-order chi connectivity index (χ1) is 13.1. The molecule has 1 aromatic rings. The number of fused-ring (bicyclic) bond motifs is 3. The van der Waals surface area contributed by atoms with Crippen molar-refractivity contribution in [2.75, 3.05) is 0 Å². The molecule has 1 amide bonds. The second-order valence-corrected chi connectivity index (χ2v) is 7.39. The third kappa shape index (κ3) is 2.05. The number of aliphatic hydroxyl groups is 3. The Balaban J connectivity index is 1.96.